The predicted molar refractivity (Wildman–Crippen MR) is 86.3 cm³/mol. The van der Waals surface area contributed by atoms with Crippen molar-refractivity contribution in [3.63, 3.8) is 0 Å². The zero-order valence-corrected chi connectivity index (χ0v) is 14.0. The van der Waals surface area contributed by atoms with Gasteiger partial charge in [0.2, 0.25) is 0 Å². The molecular formula is C16H31NO2S. The van der Waals surface area contributed by atoms with Gasteiger partial charge in [0.15, 0.2) is 0 Å². The molecule has 0 radical (unpaired) electrons. The van der Waals surface area contributed by atoms with Gasteiger partial charge >= 0.3 is 0 Å². The van der Waals surface area contributed by atoms with Crippen molar-refractivity contribution in [2.75, 3.05) is 19.5 Å². The lowest BCUT2D eigenvalue weighted by molar-refractivity contribution is -0.151. The van der Waals surface area contributed by atoms with E-state index in [9.17, 15) is 5.11 Å². The highest BCUT2D eigenvalue weighted by Gasteiger charge is 2.55. The molecule has 4 atom stereocenters. The van der Waals surface area contributed by atoms with Gasteiger partial charge in [-0.25, -0.2) is 0 Å². The van der Waals surface area contributed by atoms with Crippen molar-refractivity contribution in [2.45, 2.75) is 75.8 Å². The first kappa shape index (κ1) is 16.6. The van der Waals surface area contributed by atoms with Gasteiger partial charge in [-0.05, 0) is 39.4 Å². The molecule has 2 fully saturated rings. The summed E-state index contributed by atoms with van der Waals surface area (Å²) in [5.74, 6) is 0. The average Bonchev–Trinajstić information content (AvgIpc) is 2.48. The molecule has 0 aliphatic heterocycles. The zero-order chi connectivity index (χ0) is 14.6. The molecule has 4 heteroatoms. The fourth-order valence-electron chi connectivity index (χ4n) is 4.16. The second-order valence-corrected chi connectivity index (χ2v) is 7.52. The topological polar surface area (TPSA) is 41.5 Å². The van der Waals surface area contributed by atoms with Crippen LogP contribution in [0.25, 0.3) is 0 Å². The van der Waals surface area contributed by atoms with E-state index in [1.54, 1.807) is 11.8 Å². The van der Waals surface area contributed by atoms with Crippen LogP contribution in [-0.2, 0) is 4.74 Å². The monoisotopic (exact) mass is 301 g/mol. The maximum absolute atomic E-state index is 9.45. The summed E-state index contributed by atoms with van der Waals surface area (Å²) in [5.41, 5.74) is 0.376. The summed E-state index contributed by atoms with van der Waals surface area (Å²) in [6, 6.07) is 0.942. The quantitative estimate of drug-likeness (QED) is 0.759. The number of rotatable bonds is 7. The van der Waals surface area contributed by atoms with E-state index in [0.717, 1.165) is 13.0 Å². The fraction of sp³-hybridized carbons (Fsp3) is 1.00. The average molecular weight is 301 g/mol. The molecule has 0 aromatic rings. The Labute approximate surface area is 128 Å². The summed E-state index contributed by atoms with van der Waals surface area (Å²) in [5, 5.41) is 13.6. The standard InChI is InChI=1S/C16H31NO2S/c1-4-19-15-10-14(16(15)8-6-5-7-9-16)17-12(2)13(11-18)20-3/h12-15,17-18H,4-11H2,1-3H3. The van der Waals surface area contributed by atoms with Crippen molar-refractivity contribution in [3.8, 4) is 0 Å². The first-order valence-corrected chi connectivity index (χ1v) is 9.48. The molecule has 118 valence electrons. The third-order valence-corrected chi connectivity index (χ3v) is 6.60. The van der Waals surface area contributed by atoms with Gasteiger partial charge in [-0.3, -0.25) is 0 Å². The van der Waals surface area contributed by atoms with E-state index in [0.29, 0.717) is 28.9 Å². The Morgan fingerprint density at radius 2 is 2.05 bits per heavy atom. The summed E-state index contributed by atoms with van der Waals surface area (Å²) in [4.78, 5) is 0. The second kappa shape index (κ2) is 7.48. The molecule has 2 saturated carbocycles. The van der Waals surface area contributed by atoms with Crippen LogP contribution < -0.4 is 5.32 Å². The molecule has 0 aromatic carbocycles. The molecular weight excluding hydrogens is 270 g/mol. The molecule has 0 aromatic heterocycles. The molecule has 3 nitrogen and oxygen atoms in total. The van der Waals surface area contributed by atoms with Crippen LogP contribution in [0, 0.1) is 5.41 Å². The van der Waals surface area contributed by atoms with Crippen molar-refractivity contribution < 1.29 is 9.84 Å². The lowest BCUT2D eigenvalue weighted by Crippen LogP contribution is -2.66. The lowest BCUT2D eigenvalue weighted by atomic mass is 9.55. The molecule has 4 unspecified atom stereocenters. The van der Waals surface area contributed by atoms with E-state index < -0.39 is 0 Å². The maximum atomic E-state index is 9.45. The highest BCUT2D eigenvalue weighted by Crippen LogP contribution is 2.53. The molecule has 2 aliphatic carbocycles. The second-order valence-electron chi connectivity index (χ2n) is 6.44. The normalized spacial score (nSPS) is 31.8. The third kappa shape index (κ3) is 3.18. The maximum Gasteiger partial charge on any atom is 0.0661 e. The molecule has 2 rings (SSSR count). The number of ether oxygens (including phenoxy) is 1. The Balaban J connectivity index is 1.97. The minimum Gasteiger partial charge on any atom is -0.395 e. The van der Waals surface area contributed by atoms with E-state index in [2.05, 4.69) is 25.4 Å². The van der Waals surface area contributed by atoms with Crippen LogP contribution in [0.5, 0.6) is 0 Å². The Bertz CT molecular complexity index is 290. The summed E-state index contributed by atoms with van der Waals surface area (Å²) >= 11 is 1.76. The first-order valence-electron chi connectivity index (χ1n) is 8.19. The van der Waals surface area contributed by atoms with Crippen LogP contribution in [0.15, 0.2) is 0 Å². The smallest absolute Gasteiger partial charge is 0.0661 e. The molecule has 2 aliphatic rings. The van der Waals surface area contributed by atoms with E-state index in [-0.39, 0.29) is 6.61 Å². The van der Waals surface area contributed by atoms with Crippen LogP contribution >= 0.6 is 11.8 Å². The van der Waals surface area contributed by atoms with Gasteiger partial charge in [-0.1, -0.05) is 19.3 Å². The number of hydrogen-bond donors (Lipinski definition) is 2. The number of nitrogens with one attached hydrogen (secondary N) is 1. The first-order chi connectivity index (χ1) is 9.67. The van der Waals surface area contributed by atoms with Gasteiger partial charge in [-0.15, -0.1) is 0 Å². The van der Waals surface area contributed by atoms with Crippen LogP contribution in [0.3, 0.4) is 0 Å². The van der Waals surface area contributed by atoms with Gasteiger partial charge < -0.3 is 15.2 Å². The van der Waals surface area contributed by atoms with Crippen molar-refractivity contribution >= 4 is 11.8 Å². The molecule has 20 heavy (non-hydrogen) atoms. The lowest BCUT2D eigenvalue weighted by Gasteiger charge is -2.58. The Morgan fingerprint density at radius 3 is 2.60 bits per heavy atom. The van der Waals surface area contributed by atoms with Crippen LogP contribution in [0.2, 0.25) is 0 Å². The summed E-state index contributed by atoms with van der Waals surface area (Å²) in [6.07, 6.45) is 10.4. The highest BCUT2D eigenvalue weighted by atomic mass is 32.2. The molecule has 0 bridgehead atoms. The minimum atomic E-state index is 0.254. The van der Waals surface area contributed by atoms with Gasteiger partial charge in [0.25, 0.3) is 0 Å². The Morgan fingerprint density at radius 1 is 1.35 bits per heavy atom. The van der Waals surface area contributed by atoms with E-state index >= 15 is 0 Å². The van der Waals surface area contributed by atoms with Crippen LogP contribution in [0.4, 0.5) is 0 Å². The zero-order valence-electron chi connectivity index (χ0n) is 13.2. The van der Waals surface area contributed by atoms with Crippen molar-refractivity contribution in [3.05, 3.63) is 0 Å². The summed E-state index contributed by atoms with van der Waals surface area (Å²) in [7, 11) is 0. The highest BCUT2D eigenvalue weighted by molar-refractivity contribution is 7.99. The van der Waals surface area contributed by atoms with Gasteiger partial charge in [-0.2, -0.15) is 11.8 Å². The molecule has 0 saturated heterocycles. The van der Waals surface area contributed by atoms with E-state index in [1.807, 2.05) is 0 Å². The van der Waals surface area contributed by atoms with Crippen LogP contribution in [0.1, 0.15) is 52.4 Å². The minimum absolute atomic E-state index is 0.254. The number of aliphatic hydroxyl groups excluding tert-OH is 1. The Hall–Kier alpha value is 0.230. The van der Waals surface area contributed by atoms with Crippen LogP contribution in [-0.4, -0.2) is 48.0 Å². The largest absolute Gasteiger partial charge is 0.395 e. The summed E-state index contributed by atoms with van der Waals surface area (Å²) in [6.45, 7) is 5.40. The van der Waals surface area contributed by atoms with Crippen molar-refractivity contribution in [1.29, 1.82) is 0 Å². The molecule has 0 amide bonds. The van der Waals surface area contributed by atoms with Crippen molar-refractivity contribution in [1.82, 2.24) is 5.32 Å². The predicted octanol–water partition coefficient (Wildman–Crippen LogP) is 2.82. The number of hydrogen-bond acceptors (Lipinski definition) is 4. The number of aliphatic hydroxyl groups is 1. The van der Waals surface area contributed by atoms with E-state index in [1.165, 1.54) is 32.1 Å². The molecule has 0 heterocycles. The number of thioether (sulfide) groups is 1. The fourth-order valence-corrected chi connectivity index (χ4v) is 4.79. The van der Waals surface area contributed by atoms with Gasteiger partial charge in [0, 0.05) is 29.4 Å². The third-order valence-electron chi connectivity index (χ3n) is 5.44. The Kier molecular flexibility index (Phi) is 6.21. The molecule has 2 N–H and O–H groups in total. The van der Waals surface area contributed by atoms with Gasteiger partial charge in [0.05, 0.1) is 12.7 Å². The summed E-state index contributed by atoms with van der Waals surface area (Å²) < 4.78 is 6.00. The molecule has 1 spiro atoms. The van der Waals surface area contributed by atoms with E-state index in [4.69, 9.17) is 4.74 Å². The van der Waals surface area contributed by atoms with Gasteiger partial charge in [0.1, 0.15) is 0 Å². The SMILES string of the molecule is CCOC1CC(NC(C)C(CO)SC)C12CCCCC2. The van der Waals surface area contributed by atoms with Crippen molar-refractivity contribution in [2.24, 2.45) is 5.41 Å².